The Labute approximate surface area is 200 Å². The van der Waals surface area contributed by atoms with Crippen molar-refractivity contribution in [2.24, 2.45) is 23.5 Å². The summed E-state index contributed by atoms with van der Waals surface area (Å²) in [6, 6.07) is 4.42. The SMILES string of the molecule is CCC(C)C(=O)O[C@@H](C)CC(N)(Cc1ccc(OC(=O)C(C)C)c(OC(=O)C(C)C)c1)C(=O)O. The van der Waals surface area contributed by atoms with Gasteiger partial charge in [0.2, 0.25) is 0 Å². The maximum atomic E-state index is 12.2. The van der Waals surface area contributed by atoms with Gasteiger partial charge in [0.15, 0.2) is 11.5 Å². The van der Waals surface area contributed by atoms with E-state index in [2.05, 4.69) is 0 Å². The number of aliphatic carboxylic acids is 1. The summed E-state index contributed by atoms with van der Waals surface area (Å²) in [5.41, 5.74) is 4.92. The molecule has 0 saturated heterocycles. The fourth-order valence-corrected chi connectivity index (χ4v) is 2.91. The minimum absolute atomic E-state index is 0.00538. The minimum atomic E-state index is -1.76. The van der Waals surface area contributed by atoms with Crippen molar-refractivity contribution in [1.29, 1.82) is 0 Å². The maximum Gasteiger partial charge on any atom is 0.324 e. The van der Waals surface area contributed by atoms with Gasteiger partial charge in [0, 0.05) is 12.8 Å². The lowest BCUT2D eigenvalue weighted by Crippen LogP contribution is -2.52. The van der Waals surface area contributed by atoms with Gasteiger partial charge >= 0.3 is 23.9 Å². The molecule has 190 valence electrons. The van der Waals surface area contributed by atoms with E-state index in [-0.39, 0.29) is 30.3 Å². The van der Waals surface area contributed by atoms with E-state index in [9.17, 15) is 24.3 Å². The van der Waals surface area contributed by atoms with Crippen LogP contribution in [0.3, 0.4) is 0 Å². The van der Waals surface area contributed by atoms with Crippen LogP contribution in [0.25, 0.3) is 0 Å². The highest BCUT2D eigenvalue weighted by atomic mass is 16.6. The van der Waals surface area contributed by atoms with Crippen LogP contribution in [-0.2, 0) is 30.3 Å². The van der Waals surface area contributed by atoms with Crippen molar-refractivity contribution in [3.63, 3.8) is 0 Å². The van der Waals surface area contributed by atoms with Crippen molar-refractivity contribution in [1.82, 2.24) is 0 Å². The summed E-state index contributed by atoms with van der Waals surface area (Å²) in [7, 11) is 0. The van der Waals surface area contributed by atoms with Crippen LogP contribution in [0.5, 0.6) is 11.5 Å². The topological polar surface area (TPSA) is 142 Å². The molecule has 1 aromatic carbocycles. The summed E-state index contributed by atoms with van der Waals surface area (Å²) in [5.74, 6) is -3.84. The van der Waals surface area contributed by atoms with E-state index < -0.39 is 47.4 Å². The number of carboxylic acids is 1. The molecule has 3 N–H and O–H groups in total. The second-order valence-corrected chi connectivity index (χ2v) is 9.33. The predicted octanol–water partition coefficient (Wildman–Crippen LogP) is 3.50. The maximum absolute atomic E-state index is 12.2. The van der Waals surface area contributed by atoms with Gasteiger partial charge in [-0.25, -0.2) is 0 Å². The molecule has 3 atom stereocenters. The zero-order valence-electron chi connectivity index (χ0n) is 21.0. The number of esters is 3. The number of ether oxygens (including phenoxy) is 3. The number of rotatable bonds is 12. The van der Waals surface area contributed by atoms with Crippen molar-refractivity contribution in [3.05, 3.63) is 23.8 Å². The molecule has 0 spiro atoms. The molecular weight excluding hydrogens is 442 g/mol. The van der Waals surface area contributed by atoms with Gasteiger partial charge in [-0.3, -0.25) is 19.2 Å². The van der Waals surface area contributed by atoms with E-state index in [4.69, 9.17) is 19.9 Å². The first kappa shape index (κ1) is 29.1. The fraction of sp³-hybridized carbons (Fsp3) is 0.600. The third-order valence-corrected chi connectivity index (χ3v) is 5.30. The van der Waals surface area contributed by atoms with Gasteiger partial charge in [-0.1, -0.05) is 47.6 Å². The van der Waals surface area contributed by atoms with Crippen LogP contribution in [0.2, 0.25) is 0 Å². The molecule has 0 aliphatic carbocycles. The Morgan fingerprint density at radius 3 is 1.91 bits per heavy atom. The summed E-state index contributed by atoms with van der Waals surface area (Å²) in [4.78, 5) is 48.4. The zero-order chi connectivity index (χ0) is 26.2. The van der Waals surface area contributed by atoms with Crippen molar-refractivity contribution >= 4 is 23.9 Å². The van der Waals surface area contributed by atoms with Crippen LogP contribution in [-0.4, -0.2) is 40.6 Å². The van der Waals surface area contributed by atoms with E-state index >= 15 is 0 Å². The molecule has 0 aliphatic heterocycles. The monoisotopic (exact) mass is 479 g/mol. The van der Waals surface area contributed by atoms with Gasteiger partial charge in [-0.2, -0.15) is 0 Å². The molecule has 2 unspecified atom stereocenters. The quantitative estimate of drug-likeness (QED) is 0.340. The lowest BCUT2D eigenvalue weighted by molar-refractivity contribution is -0.156. The molecule has 0 aliphatic rings. The summed E-state index contributed by atoms with van der Waals surface area (Å²) in [5, 5.41) is 9.83. The molecular formula is C25H37NO8. The third-order valence-electron chi connectivity index (χ3n) is 5.30. The third kappa shape index (κ3) is 8.44. The van der Waals surface area contributed by atoms with Crippen LogP contribution in [0.15, 0.2) is 18.2 Å². The highest BCUT2D eigenvalue weighted by Crippen LogP contribution is 2.32. The smallest absolute Gasteiger partial charge is 0.324 e. The molecule has 9 heteroatoms. The van der Waals surface area contributed by atoms with E-state index in [1.807, 2.05) is 6.92 Å². The van der Waals surface area contributed by atoms with E-state index in [0.717, 1.165) is 0 Å². The molecule has 0 aromatic heterocycles. The van der Waals surface area contributed by atoms with Crippen LogP contribution in [0, 0.1) is 17.8 Å². The largest absolute Gasteiger partial charge is 0.480 e. The van der Waals surface area contributed by atoms with Gasteiger partial charge in [0.05, 0.1) is 17.8 Å². The van der Waals surface area contributed by atoms with Crippen LogP contribution < -0.4 is 15.2 Å². The van der Waals surface area contributed by atoms with E-state index in [1.54, 1.807) is 47.6 Å². The highest BCUT2D eigenvalue weighted by Gasteiger charge is 2.37. The van der Waals surface area contributed by atoms with Crippen molar-refractivity contribution in [2.45, 2.75) is 79.4 Å². The standard InChI is InChI=1S/C25H37NO8/c1-8-16(6)23(29)32-17(7)12-25(26,24(30)31)13-18-9-10-19(33-21(27)14(2)3)20(11-18)34-22(28)15(4)5/h9-11,14-17H,8,12-13,26H2,1-7H3,(H,30,31)/t16?,17-,25?/m0/s1. The minimum Gasteiger partial charge on any atom is -0.480 e. The molecule has 0 amide bonds. The van der Waals surface area contributed by atoms with Gasteiger partial charge in [0.1, 0.15) is 11.6 Å². The average molecular weight is 480 g/mol. The molecule has 0 fully saturated rings. The number of carbonyl (C=O) groups is 4. The molecule has 9 nitrogen and oxygen atoms in total. The lowest BCUT2D eigenvalue weighted by Gasteiger charge is -2.28. The summed E-state index contributed by atoms with van der Waals surface area (Å²) in [6.07, 6.45) is -0.398. The number of hydrogen-bond donors (Lipinski definition) is 2. The zero-order valence-corrected chi connectivity index (χ0v) is 21.0. The Morgan fingerprint density at radius 2 is 1.44 bits per heavy atom. The van der Waals surface area contributed by atoms with Gasteiger partial charge in [-0.15, -0.1) is 0 Å². The van der Waals surface area contributed by atoms with Gasteiger partial charge in [-0.05, 0) is 31.0 Å². The Balaban J connectivity index is 3.20. The first-order chi connectivity index (χ1) is 15.7. The summed E-state index contributed by atoms with van der Waals surface area (Å²) < 4.78 is 16.1. The molecule has 0 saturated carbocycles. The molecule has 1 aromatic rings. The molecule has 0 bridgehead atoms. The number of carbonyl (C=O) groups excluding carboxylic acids is 3. The number of nitrogens with two attached hydrogens (primary N) is 1. The Kier molecular flexibility index (Phi) is 10.7. The fourth-order valence-electron chi connectivity index (χ4n) is 2.91. The van der Waals surface area contributed by atoms with Gasteiger partial charge < -0.3 is 25.1 Å². The first-order valence-corrected chi connectivity index (χ1v) is 11.5. The summed E-state index contributed by atoms with van der Waals surface area (Å²) >= 11 is 0. The van der Waals surface area contributed by atoms with E-state index in [0.29, 0.717) is 12.0 Å². The molecule has 0 radical (unpaired) electrons. The van der Waals surface area contributed by atoms with Crippen molar-refractivity contribution < 1.29 is 38.5 Å². The number of benzene rings is 1. The molecule has 1 rings (SSSR count). The Morgan fingerprint density at radius 1 is 0.912 bits per heavy atom. The number of carboxylic acid groups (broad SMARTS) is 1. The lowest BCUT2D eigenvalue weighted by atomic mass is 9.86. The Hall–Kier alpha value is -2.94. The normalized spacial score (nSPS) is 14.8. The molecule has 0 heterocycles. The average Bonchev–Trinajstić information content (AvgIpc) is 2.74. The van der Waals surface area contributed by atoms with Crippen molar-refractivity contribution in [3.8, 4) is 11.5 Å². The van der Waals surface area contributed by atoms with Crippen LogP contribution in [0.1, 0.15) is 66.9 Å². The number of hydrogen-bond acceptors (Lipinski definition) is 8. The predicted molar refractivity (Wildman–Crippen MR) is 125 cm³/mol. The van der Waals surface area contributed by atoms with Gasteiger partial charge in [0.25, 0.3) is 0 Å². The second-order valence-electron chi connectivity index (χ2n) is 9.33. The second kappa shape index (κ2) is 12.5. The molecule has 34 heavy (non-hydrogen) atoms. The summed E-state index contributed by atoms with van der Waals surface area (Å²) in [6.45, 7) is 11.8. The van der Waals surface area contributed by atoms with Crippen LogP contribution in [0.4, 0.5) is 0 Å². The highest BCUT2D eigenvalue weighted by molar-refractivity contribution is 5.80. The van der Waals surface area contributed by atoms with E-state index in [1.165, 1.54) is 12.1 Å². The van der Waals surface area contributed by atoms with Crippen molar-refractivity contribution in [2.75, 3.05) is 0 Å². The van der Waals surface area contributed by atoms with Crippen LogP contribution >= 0.6 is 0 Å². The Bertz CT molecular complexity index is 895. The first-order valence-electron chi connectivity index (χ1n) is 11.5.